The molecule has 0 saturated heterocycles. The van der Waals surface area contributed by atoms with E-state index in [1.54, 1.807) is 12.1 Å². The second-order valence-corrected chi connectivity index (χ2v) is 6.11. The molecular weight excluding hydrogens is 314 g/mol. The summed E-state index contributed by atoms with van der Waals surface area (Å²) in [4.78, 5) is 14.7. The van der Waals surface area contributed by atoms with Gasteiger partial charge in [0, 0.05) is 18.2 Å². The quantitative estimate of drug-likeness (QED) is 0.846. The van der Waals surface area contributed by atoms with E-state index in [9.17, 15) is 4.79 Å². The van der Waals surface area contributed by atoms with Crippen molar-refractivity contribution in [3.8, 4) is 11.5 Å². The lowest BCUT2D eigenvalue weighted by atomic mass is 10.1. The van der Waals surface area contributed by atoms with Crippen LogP contribution in [0.3, 0.4) is 0 Å². The fourth-order valence-corrected chi connectivity index (χ4v) is 2.79. The van der Waals surface area contributed by atoms with Crippen LogP contribution in [-0.2, 0) is 6.54 Å². The molecule has 1 amide bonds. The van der Waals surface area contributed by atoms with Crippen molar-refractivity contribution in [2.45, 2.75) is 26.4 Å². The topological polar surface area (TPSA) is 38.8 Å². The van der Waals surface area contributed by atoms with Gasteiger partial charge in [-0.3, -0.25) is 4.79 Å². The van der Waals surface area contributed by atoms with E-state index in [-0.39, 0.29) is 18.7 Å². The van der Waals surface area contributed by atoms with Crippen LogP contribution < -0.4 is 9.47 Å². The number of carbonyl (C=O) groups is 1. The SMILES string of the molecule is CC(C)N(Cc1ccccc1)C(=O)c1cc(Cl)c2c(c1)OCO2. The Morgan fingerprint density at radius 3 is 2.65 bits per heavy atom. The Morgan fingerprint density at radius 1 is 1.22 bits per heavy atom. The Bertz CT molecular complexity index is 716. The number of fused-ring (bicyclic) bond motifs is 1. The second-order valence-electron chi connectivity index (χ2n) is 5.70. The molecule has 23 heavy (non-hydrogen) atoms. The van der Waals surface area contributed by atoms with Gasteiger partial charge < -0.3 is 14.4 Å². The van der Waals surface area contributed by atoms with Crippen LogP contribution in [0.25, 0.3) is 0 Å². The molecule has 0 fully saturated rings. The summed E-state index contributed by atoms with van der Waals surface area (Å²) in [6.45, 7) is 4.67. The molecule has 120 valence electrons. The van der Waals surface area contributed by atoms with Crippen LogP contribution in [0.4, 0.5) is 0 Å². The molecule has 3 rings (SSSR count). The van der Waals surface area contributed by atoms with Crippen LogP contribution in [0, 0.1) is 0 Å². The Hall–Kier alpha value is -2.20. The molecule has 5 heteroatoms. The standard InChI is InChI=1S/C18H18ClNO3/c1-12(2)20(10-13-6-4-3-5-7-13)18(21)14-8-15(19)17-16(9-14)22-11-23-17/h3-9,12H,10-11H2,1-2H3. The molecule has 2 aromatic rings. The summed E-state index contributed by atoms with van der Waals surface area (Å²) < 4.78 is 10.6. The zero-order valence-electron chi connectivity index (χ0n) is 13.1. The van der Waals surface area contributed by atoms with Gasteiger partial charge in [0.15, 0.2) is 11.5 Å². The zero-order valence-corrected chi connectivity index (χ0v) is 13.8. The van der Waals surface area contributed by atoms with E-state index in [4.69, 9.17) is 21.1 Å². The highest BCUT2D eigenvalue weighted by Gasteiger charge is 2.24. The van der Waals surface area contributed by atoms with E-state index in [1.165, 1.54) is 0 Å². The van der Waals surface area contributed by atoms with Crippen molar-refractivity contribution in [1.29, 1.82) is 0 Å². The summed E-state index contributed by atoms with van der Waals surface area (Å²) in [5.41, 5.74) is 1.59. The summed E-state index contributed by atoms with van der Waals surface area (Å²) in [6.07, 6.45) is 0. The third-order valence-corrected chi connectivity index (χ3v) is 4.03. The Balaban J connectivity index is 1.88. The number of hydrogen-bond donors (Lipinski definition) is 0. The first-order valence-electron chi connectivity index (χ1n) is 7.50. The van der Waals surface area contributed by atoms with Gasteiger partial charge >= 0.3 is 0 Å². The first kappa shape index (κ1) is 15.7. The lowest BCUT2D eigenvalue weighted by molar-refractivity contribution is 0.0690. The van der Waals surface area contributed by atoms with E-state index in [0.717, 1.165) is 5.56 Å². The van der Waals surface area contributed by atoms with Crippen molar-refractivity contribution >= 4 is 17.5 Å². The molecule has 0 radical (unpaired) electrons. The Kier molecular flexibility index (Phi) is 4.44. The highest BCUT2D eigenvalue weighted by Crippen LogP contribution is 2.40. The number of hydrogen-bond acceptors (Lipinski definition) is 3. The minimum atomic E-state index is -0.0796. The first-order chi connectivity index (χ1) is 11.1. The van der Waals surface area contributed by atoms with E-state index in [2.05, 4.69) is 0 Å². The smallest absolute Gasteiger partial charge is 0.254 e. The van der Waals surface area contributed by atoms with E-state index in [0.29, 0.717) is 28.6 Å². The highest BCUT2D eigenvalue weighted by atomic mass is 35.5. The molecule has 0 spiro atoms. The number of benzene rings is 2. The number of amides is 1. The number of carbonyl (C=O) groups excluding carboxylic acids is 1. The third kappa shape index (κ3) is 3.27. The molecule has 1 aliphatic rings. The minimum Gasteiger partial charge on any atom is -0.454 e. The molecule has 4 nitrogen and oxygen atoms in total. The molecule has 0 atom stereocenters. The summed E-state index contributed by atoms with van der Waals surface area (Å²) in [5, 5.41) is 0.395. The molecule has 0 N–H and O–H groups in total. The van der Waals surface area contributed by atoms with Crippen molar-refractivity contribution in [2.24, 2.45) is 0 Å². The van der Waals surface area contributed by atoms with Crippen LogP contribution in [0.2, 0.25) is 5.02 Å². The average molecular weight is 332 g/mol. The van der Waals surface area contributed by atoms with Gasteiger partial charge in [-0.25, -0.2) is 0 Å². The average Bonchev–Trinajstić information content (AvgIpc) is 3.02. The van der Waals surface area contributed by atoms with Crippen LogP contribution in [0.1, 0.15) is 29.8 Å². The van der Waals surface area contributed by atoms with Gasteiger partial charge in [-0.15, -0.1) is 0 Å². The summed E-state index contributed by atoms with van der Waals surface area (Å²) in [5.74, 6) is 0.940. The van der Waals surface area contributed by atoms with Crippen molar-refractivity contribution in [3.05, 3.63) is 58.6 Å². The van der Waals surface area contributed by atoms with Gasteiger partial charge in [-0.1, -0.05) is 41.9 Å². The summed E-state index contributed by atoms with van der Waals surface area (Å²) >= 11 is 6.19. The predicted molar refractivity (Wildman–Crippen MR) is 89.0 cm³/mol. The summed E-state index contributed by atoms with van der Waals surface area (Å²) in [7, 11) is 0. The monoisotopic (exact) mass is 331 g/mol. The van der Waals surface area contributed by atoms with Crippen LogP contribution >= 0.6 is 11.6 Å². The highest BCUT2D eigenvalue weighted by molar-refractivity contribution is 6.32. The molecule has 1 aliphatic heterocycles. The van der Waals surface area contributed by atoms with Crippen molar-refractivity contribution in [2.75, 3.05) is 6.79 Å². The van der Waals surface area contributed by atoms with Gasteiger partial charge in [0.25, 0.3) is 5.91 Å². The minimum absolute atomic E-state index is 0.0619. The summed E-state index contributed by atoms with van der Waals surface area (Å²) in [6, 6.07) is 13.3. The van der Waals surface area contributed by atoms with Crippen LogP contribution in [-0.4, -0.2) is 23.6 Å². The van der Waals surface area contributed by atoms with E-state index < -0.39 is 0 Å². The van der Waals surface area contributed by atoms with E-state index in [1.807, 2.05) is 49.1 Å². The molecule has 0 aromatic heterocycles. The van der Waals surface area contributed by atoms with Crippen molar-refractivity contribution < 1.29 is 14.3 Å². The maximum atomic E-state index is 12.9. The van der Waals surface area contributed by atoms with Gasteiger partial charge in [0.2, 0.25) is 6.79 Å². The number of ether oxygens (including phenoxy) is 2. The largest absolute Gasteiger partial charge is 0.454 e. The Morgan fingerprint density at radius 2 is 1.96 bits per heavy atom. The van der Waals surface area contributed by atoms with Gasteiger partial charge in [0.1, 0.15) is 0 Å². The normalized spacial score (nSPS) is 12.5. The fraction of sp³-hybridized carbons (Fsp3) is 0.278. The zero-order chi connectivity index (χ0) is 16.4. The van der Waals surface area contributed by atoms with Gasteiger partial charge in [0.05, 0.1) is 5.02 Å². The van der Waals surface area contributed by atoms with Crippen molar-refractivity contribution in [1.82, 2.24) is 4.90 Å². The second kappa shape index (κ2) is 6.50. The maximum absolute atomic E-state index is 12.9. The number of halogens is 1. The molecule has 2 aromatic carbocycles. The first-order valence-corrected chi connectivity index (χ1v) is 7.88. The molecule has 0 saturated carbocycles. The number of rotatable bonds is 4. The number of nitrogens with zero attached hydrogens (tertiary/aromatic N) is 1. The fourth-order valence-electron chi connectivity index (χ4n) is 2.53. The predicted octanol–water partition coefficient (Wildman–Crippen LogP) is 4.12. The third-order valence-electron chi connectivity index (χ3n) is 3.75. The molecule has 1 heterocycles. The van der Waals surface area contributed by atoms with Gasteiger partial charge in [-0.2, -0.15) is 0 Å². The maximum Gasteiger partial charge on any atom is 0.254 e. The molecule has 0 aliphatic carbocycles. The van der Waals surface area contributed by atoms with Crippen molar-refractivity contribution in [3.63, 3.8) is 0 Å². The molecule has 0 unspecified atom stereocenters. The lowest BCUT2D eigenvalue weighted by Crippen LogP contribution is -2.36. The van der Waals surface area contributed by atoms with Crippen LogP contribution in [0.15, 0.2) is 42.5 Å². The lowest BCUT2D eigenvalue weighted by Gasteiger charge is -2.27. The van der Waals surface area contributed by atoms with Gasteiger partial charge in [-0.05, 0) is 31.5 Å². The van der Waals surface area contributed by atoms with Crippen LogP contribution in [0.5, 0.6) is 11.5 Å². The molecular formula is C18H18ClNO3. The Labute approximate surface area is 140 Å². The molecule has 0 bridgehead atoms. The van der Waals surface area contributed by atoms with E-state index >= 15 is 0 Å².